The number of H-pyrrole nitrogens is 1. The summed E-state index contributed by atoms with van der Waals surface area (Å²) < 4.78 is 6.09. The quantitative estimate of drug-likeness (QED) is 0.219. The minimum absolute atomic E-state index is 0.0444. The first-order valence-corrected chi connectivity index (χ1v) is 11.9. The predicted octanol–water partition coefficient (Wildman–Crippen LogP) is 7.57. The fourth-order valence-corrected chi connectivity index (χ4v) is 4.18. The van der Waals surface area contributed by atoms with Crippen LogP contribution in [0, 0.1) is 0 Å². The molecule has 0 atom stereocenters. The second-order valence-corrected chi connectivity index (χ2v) is 8.96. The highest BCUT2D eigenvalue weighted by Gasteiger charge is 2.27. The van der Waals surface area contributed by atoms with Crippen LogP contribution in [0.15, 0.2) is 97.1 Å². The van der Waals surface area contributed by atoms with Gasteiger partial charge in [-0.05, 0) is 54.1 Å². The fourth-order valence-electron chi connectivity index (χ4n) is 3.93. The Kier molecular flexibility index (Phi) is 6.76. The second-order valence-electron chi connectivity index (χ2n) is 8.09. The van der Waals surface area contributed by atoms with E-state index in [1.165, 1.54) is 0 Å². The molecule has 1 aromatic heterocycles. The third-order valence-corrected chi connectivity index (χ3v) is 6.21. The van der Waals surface area contributed by atoms with Crippen LogP contribution in [0.4, 0.5) is 0 Å². The second kappa shape index (κ2) is 10.3. The van der Waals surface area contributed by atoms with Gasteiger partial charge < -0.3 is 9.84 Å². The van der Waals surface area contributed by atoms with Crippen LogP contribution < -0.4 is 4.74 Å². The zero-order chi connectivity index (χ0) is 25.1. The van der Waals surface area contributed by atoms with Crippen molar-refractivity contribution in [2.24, 2.45) is 0 Å². The molecule has 0 aliphatic heterocycles. The molecular formula is C29H20Cl2N2O3. The van der Waals surface area contributed by atoms with Gasteiger partial charge in [-0.1, -0.05) is 71.7 Å². The summed E-state index contributed by atoms with van der Waals surface area (Å²) in [5.74, 6) is 0.0879. The van der Waals surface area contributed by atoms with Crippen LogP contribution in [-0.2, 0) is 6.61 Å². The van der Waals surface area contributed by atoms with Crippen LogP contribution in [0.25, 0.3) is 22.5 Å². The molecule has 0 bridgehead atoms. The Labute approximate surface area is 217 Å². The topological polar surface area (TPSA) is 75.2 Å². The van der Waals surface area contributed by atoms with Gasteiger partial charge in [0, 0.05) is 21.2 Å². The Morgan fingerprint density at radius 3 is 2.19 bits per heavy atom. The first kappa shape index (κ1) is 23.7. The number of aromatic nitrogens is 2. The largest absolute Gasteiger partial charge is 0.507 e. The number of nitrogens with zero attached hydrogens (tertiary/aromatic N) is 1. The van der Waals surface area contributed by atoms with E-state index < -0.39 is 0 Å². The summed E-state index contributed by atoms with van der Waals surface area (Å²) in [6.07, 6.45) is 0. The normalized spacial score (nSPS) is 10.8. The van der Waals surface area contributed by atoms with Crippen LogP contribution in [0.5, 0.6) is 11.5 Å². The Morgan fingerprint density at radius 2 is 1.50 bits per heavy atom. The Hall–Kier alpha value is -4.06. The first-order valence-electron chi connectivity index (χ1n) is 11.1. The van der Waals surface area contributed by atoms with E-state index in [9.17, 15) is 9.90 Å². The van der Waals surface area contributed by atoms with Crippen molar-refractivity contribution in [3.8, 4) is 34.0 Å². The molecular weight excluding hydrogens is 495 g/mol. The van der Waals surface area contributed by atoms with Gasteiger partial charge in [0.2, 0.25) is 0 Å². The summed E-state index contributed by atoms with van der Waals surface area (Å²) in [7, 11) is 0. The predicted molar refractivity (Wildman–Crippen MR) is 142 cm³/mol. The van der Waals surface area contributed by atoms with E-state index in [1.54, 1.807) is 66.7 Å². The van der Waals surface area contributed by atoms with Gasteiger partial charge in [-0.3, -0.25) is 9.89 Å². The van der Waals surface area contributed by atoms with E-state index in [0.29, 0.717) is 49.4 Å². The highest BCUT2D eigenvalue weighted by molar-refractivity contribution is 6.31. The molecule has 0 radical (unpaired) electrons. The Morgan fingerprint density at radius 1 is 0.833 bits per heavy atom. The number of ketones is 1. The van der Waals surface area contributed by atoms with Crippen molar-refractivity contribution in [1.82, 2.24) is 10.2 Å². The molecule has 0 amide bonds. The number of aromatic amines is 1. The highest BCUT2D eigenvalue weighted by Crippen LogP contribution is 2.42. The minimum atomic E-state index is -0.280. The van der Waals surface area contributed by atoms with Crippen molar-refractivity contribution >= 4 is 29.0 Å². The summed E-state index contributed by atoms with van der Waals surface area (Å²) in [6, 6.07) is 28.4. The molecule has 4 aromatic carbocycles. The lowest BCUT2D eigenvalue weighted by molar-refractivity contribution is 0.104. The lowest BCUT2D eigenvalue weighted by atomic mass is 9.94. The number of carbonyl (C=O) groups excluding carboxylic acids is 1. The van der Waals surface area contributed by atoms with Gasteiger partial charge >= 0.3 is 0 Å². The van der Waals surface area contributed by atoms with Gasteiger partial charge in [-0.25, -0.2) is 0 Å². The molecule has 36 heavy (non-hydrogen) atoms. The van der Waals surface area contributed by atoms with Gasteiger partial charge in [0.25, 0.3) is 0 Å². The average molecular weight is 515 g/mol. The summed E-state index contributed by atoms with van der Waals surface area (Å²) in [6.45, 7) is 0.288. The number of carbonyl (C=O) groups is 1. The van der Waals surface area contributed by atoms with Gasteiger partial charge in [0.15, 0.2) is 5.78 Å². The molecule has 0 aliphatic carbocycles. The number of benzene rings is 4. The van der Waals surface area contributed by atoms with Crippen LogP contribution in [0.2, 0.25) is 10.0 Å². The number of phenolic OH excluding ortho intramolecular Hbond substituents is 1. The maximum atomic E-state index is 13.8. The zero-order valence-electron chi connectivity index (χ0n) is 18.9. The van der Waals surface area contributed by atoms with Crippen molar-refractivity contribution in [2.75, 3.05) is 0 Å². The standard InChI is InChI=1S/C29H20Cl2N2O3/c30-21-13-9-19(10-14-21)27-26(29(35)20-11-15-22(31)16-12-20)28(33-32-27)25-23(34)7-4-8-24(25)36-17-18-5-2-1-3-6-18/h1-16,34H,17H2,(H,32,33). The van der Waals surface area contributed by atoms with Crippen molar-refractivity contribution in [2.45, 2.75) is 6.61 Å². The van der Waals surface area contributed by atoms with Gasteiger partial charge in [-0.15, -0.1) is 0 Å². The molecule has 0 spiro atoms. The maximum Gasteiger partial charge on any atom is 0.197 e. The number of nitrogens with one attached hydrogen (secondary N) is 1. The smallest absolute Gasteiger partial charge is 0.197 e. The van der Waals surface area contributed by atoms with E-state index in [-0.39, 0.29) is 18.1 Å². The number of hydrogen-bond acceptors (Lipinski definition) is 4. The monoisotopic (exact) mass is 514 g/mol. The van der Waals surface area contributed by atoms with Crippen molar-refractivity contribution in [3.63, 3.8) is 0 Å². The molecule has 178 valence electrons. The molecule has 0 fully saturated rings. The first-order chi connectivity index (χ1) is 17.5. The van der Waals surface area contributed by atoms with Crippen molar-refractivity contribution < 1.29 is 14.6 Å². The Bertz CT molecular complexity index is 1510. The number of phenols is 1. The number of halogens is 2. The lowest BCUT2D eigenvalue weighted by Crippen LogP contribution is -2.05. The zero-order valence-corrected chi connectivity index (χ0v) is 20.4. The molecule has 5 rings (SSSR count). The third-order valence-electron chi connectivity index (χ3n) is 5.71. The van der Waals surface area contributed by atoms with Crippen molar-refractivity contribution in [3.05, 3.63) is 124 Å². The van der Waals surface area contributed by atoms with Crippen molar-refractivity contribution in [1.29, 1.82) is 0 Å². The number of rotatable bonds is 7. The molecule has 5 nitrogen and oxygen atoms in total. The van der Waals surface area contributed by atoms with Gasteiger partial charge in [0.05, 0.1) is 16.8 Å². The Balaban J connectivity index is 1.65. The number of hydrogen-bond donors (Lipinski definition) is 2. The van der Waals surface area contributed by atoms with E-state index in [2.05, 4.69) is 10.2 Å². The molecule has 1 heterocycles. The van der Waals surface area contributed by atoms with E-state index in [4.69, 9.17) is 27.9 Å². The molecule has 7 heteroatoms. The van der Waals surface area contributed by atoms with E-state index in [1.807, 2.05) is 30.3 Å². The molecule has 0 saturated heterocycles. The third kappa shape index (κ3) is 4.85. The number of aromatic hydroxyl groups is 1. The maximum absolute atomic E-state index is 13.8. The molecule has 2 N–H and O–H groups in total. The van der Waals surface area contributed by atoms with Gasteiger partial charge in [0.1, 0.15) is 23.8 Å². The van der Waals surface area contributed by atoms with Crippen LogP contribution in [0.1, 0.15) is 21.5 Å². The minimum Gasteiger partial charge on any atom is -0.507 e. The number of ether oxygens (including phenoxy) is 1. The molecule has 0 aliphatic rings. The average Bonchev–Trinajstić information content (AvgIpc) is 3.33. The summed E-state index contributed by atoms with van der Waals surface area (Å²) in [4.78, 5) is 13.8. The fraction of sp³-hybridized carbons (Fsp3) is 0.0345. The van der Waals surface area contributed by atoms with E-state index in [0.717, 1.165) is 5.56 Å². The van der Waals surface area contributed by atoms with Crippen LogP contribution in [-0.4, -0.2) is 21.1 Å². The highest BCUT2D eigenvalue weighted by atomic mass is 35.5. The lowest BCUT2D eigenvalue weighted by Gasteiger charge is -2.14. The van der Waals surface area contributed by atoms with Crippen LogP contribution >= 0.6 is 23.2 Å². The van der Waals surface area contributed by atoms with Crippen LogP contribution in [0.3, 0.4) is 0 Å². The molecule has 0 saturated carbocycles. The summed E-state index contributed by atoms with van der Waals surface area (Å²) >= 11 is 12.1. The van der Waals surface area contributed by atoms with E-state index >= 15 is 0 Å². The SMILES string of the molecule is O=C(c1ccc(Cl)cc1)c1c(-c2ccc(Cl)cc2)n[nH]c1-c1c(O)cccc1OCc1ccccc1. The molecule has 0 unspecified atom stereocenters. The molecule has 5 aromatic rings. The summed E-state index contributed by atoms with van der Waals surface area (Å²) in [5, 5.41) is 19.4. The summed E-state index contributed by atoms with van der Waals surface area (Å²) in [5.41, 5.74) is 3.51. The van der Waals surface area contributed by atoms with Gasteiger partial charge in [-0.2, -0.15) is 5.10 Å².